The highest BCUT2D eigenvalue weighted by molar-refractivity contribution is 9.10. The highest BCUT2D eigenvalue weighted by atomic mass is 79.9. The summed E-state index contributed by atoms with van der Waals surface area (Å²) in [6, 6.07) is 34.6. The minimum absolute atomic E-state index is 0.142. The third-order valence-electron chi connectivity index (χ3n) is 13.0. The number of hydrogen-bond donors (Lipinski definition) is 1. The molecule has 10 heteroatoms. The molecule has 306 valence electrons. The van der Waals surface area contributed by atoms with E-state index in [4.69, 9.17) is 14.2 Å². The van der Waals surface area contributed by atoms with E-state index >= 15 is 9.59 Å². The minimum atomic E-state index is -1.50. The van der Waals surface area contributed by atoms with E-state index in [9.17, 15) is 14.7 Å². The van der Waals surface area contributed by atoms with E-state index in [0.29, 0.717) is 43.9 Å². The van der Waals surface area contributed by atoms with Crippen LogP contribution in [0.15, 0.2) is 137 Å². The van der Waals surface area contributed by atoms with Crippen molar-refractivity contribution in [2.75, 3.05) is 26.2 Å². The van der Waals surface area contributed by atoms with Gasteiger partial charge >= 0.3 is 0 Å². The predicted octanol–water partition coefficient (Wildman–Crippen LogP) is 9.38. The number of halogens is 1. The van der Waals surface area contributed by atoms with Crippen molar-refractivity contribution in [2.24, 2.45) is 23.7 Å². The van der Waals surface area contributed by atoms with Crippen molar-refractivity contribution in [3.8, 4) is 23.0 Å². The van der Waals surface area contributed by atoms with Gasteiger partial charge in [-0.05, 0) is 84.0 Å². The molecule has 1 N–H and O–H groups in total. The second-order valence-electron chi connectivity index (χ2n) is 15.9. The number of nitrogens with zero attached hydrogens (tertiary/aromatic N) is 1. The van der Waals surface area contributed by atoms with Crippen LogP contribution in [0.3, 0.4) is 0 Å². The van der Waals surface area contributed by atoms with Crippen molar-refractivity contribution >= 4 is 62.7 Å². The second-order valence-corrected chi connectivity index (χ2v) is 16.8. The van der Waals surface area contributed by atoms with E-state index < -0.39 is 35.0 Å². The molecule has 2 amide bonds. The average molecular weight is 877 g/mol. The Morgan fingerprint density at radius 2 is 1.46 bits per heavy atom. The summed E-state index contributed by atoms with van der Waals surface area (Å²) < 4.78 is 17.1. The first-order valence-corrected chi connectivity index (χ1v) is 21.0. The Kier molecular flexibility index (Phi) is 10.4. The molecule has 9 rings (SSSR count). The molecule has 1 saturated heterocycles. The number of methoxy groups -OCH3 is 3. The van der Waals surface area contributed by atoms with Gasteiger partial charge in [0, 0.05) is 33.0 Å². The third-order valence-corrected chi connectivity index (χ3v) is 13.5. The molecule has 5 aromatic rings. The summed E-state index contributed by atoms with van der Waals surface area (Å²) in [6.07, 6.45) is 7.65. The summed E-state index contributed by atoms with van der Waals surface area (Å²) in [5, 5.41) is 12.0. The van der Waals surface area contributed by atoms with Gasteiger partial charge in [0.1, 0.15) is 11.5 Å². The van der Waals surface area contributed by atoms with E-state index in [1.807, 2.05) is 109 Å². The molecule has 0 unspecified atom stereocenters. The zero-order valence-corrected chi connectivity index (χ0v) is 35.3. The number of amides is 2. The lowest BCUT2D eigenvalue weighted by Gasteiger charge is -2.55. The molecule has 2 fully saturated rings. The first kappa shape index (κ1) is 39.9. The van der Waals surface area contributed by atoms with Crippen molar-refractivity contribution < 1.29 is 38.5 Å². The largest absolute Gasteiger partial charge is 0.504 e. The fourth-order valence-corrected chi connectivity index (χ4v) is 10.8. The Morgan fingerprint density at radius 3 is 2.15 bits per heavy atom. The van der Waals surface area contributed by atoms with Gasteiger partial charge in [-0.15, -0.1) is 0 Å². The number of aromatic hydroxyl groups is 1. The maximum atomic E-state index is 15.4. The Hall–Kier alpha value is -6.52. The molecular weight excluding hydrogens is 834 g/mol. The van der Waals surface area contributed by atoms with Crippen LogP contribution >= 0.6 is 15.9 Å². The van der Waals surface area contributed by atoms with Crippen LogP contribution in [0.2, 0.25) is 0 Å². The molecule has 3 aliphatic carbocycles. The molecule has 61 heavy (non-hydrogen) atoms. The van der Waals surface area contributed by atoms with Gasteiger partial charge in [0.25, 0.3) is 0 Å². The van der Waals surface area contributed by atoms with Crippen LogP contribution in [0.1, 0.15) is 46.6 Å². The first-order chi connectivity index (χ1) is 29.6. The zero-order chi connectivity index (χ0) is 42.6. The number of benzene rings is 5. The van der Waals surface area contributed by atoms with E-state index in [0.717, 1.165) is 16.7 Å². The Morgan fingerprint density at radius 1 is 0.754 bits per heavy atom. The number of fused-ring (bicyclic) bond motifs is 4. The van der Waals surface area contributed by atoms with Crippen LogP contribution in [-0.2, 0) is 24.6 Å². The molecule has 9 nitrogen and oxygen atoms in total. The van der Waals surface area contributed by atoms with E-state index in [-0.39, 0.29) is 47.7 Å². The van der Waals surface area contributed by atoms with Crippen LogP contribution in [0.5, 0.6) is 23.0 Å². The number of imide groups is 1. The highest BCUT2D eigenvalue weighted by Gasteiger charge is 2.66. The van der Waals surface area contributed by atoms with Crippen LogP contribution in [0.4, 0.5) is 5.69 Å². The van der Waals surface area contributed by atoms with Crippen molar-refractivity contribution in [3.63, 3.8) is 0 Å². The first-order valence-electron chi connectivity index (χ1n) is 20.2. The maximum absolute atomic E-state index is 15.4. The van der Waals surface area contributed by atoms with Gasteiger partial charge in [0.2, 0.25) is 11.8 Å². The molecule has 0 spiro atoms. The normalized spacial score (nSPS) is 24.5. The van der Waals surface area contributed by atoms with E-state index in [2.05, 4.69) is 15.9 Å². The van der Waals surface area contributed by atoms with E-state index in [1.54, 1.807) is 38.5 Å². The van der Waals surface area contributed by atoms with Gasteiger partial charge in [-0.25, -0.2) is 0 Å². The number of hydrogen-bond acceptors (Lipinski definition) is 8. The fraction of sp³-hybridized carbons (Fsp3) is 0.216. The summed E-state index contributed by atoms with van der Waals surface area (Å²) in [7, 11) is 4.67. The fourth-order valence-electron chi connectivity index (χ4n) is 10.3. The van der Waals surface area contributed by atoms with Gasteiger partial charge in [0.05, 0.1) is 44.3 Å². The number of rotatable bonds is 9. The molecule has 1 aliphatic heterocycles. The summed E-state index contributed by atoms with van der Waals surface area (Å²) >= 11 is 3.61. The molecule has 4 aliphatic rings. The Labute approximate surface area is 362 Å². The number of phenols is 1. The number of ketones is 2. The Balaban J connectivity index is 1.15. The van der Waals surface area contributed by atoms with Gasteiger partial charge in [-0.3, -0.25) is 24.1 Å². The topological polar surface area (TPSA) is 119 Å². The molecule has 6 atom stereocenters. The number of phenolic OH excluding ortho intramolecular Hbond substituents is 1. The molecule has 0 bridgehead atoms. The number of allylic oxidation sites excluding steroid dienone is 4. The molecule has 0 aromatic heterocycles. The lowest BCUT2D eigenvalue weighted by molar-refractivity contribution is -0.135. The van der Waals surface area contributed by atoms with Crippen molar-refractivity contribution in [2.45, 2.75) is 24.2 Å². The number of carbonyl (C=O) groups excluding carboxylic acids is 4. The van der Waals surface area contributed by atoms with Crippen LogP contribution < -0.4 is 19.1 Å². The van der Waals surface area contributed by atoms with E-state index in [1.165, 1.54) is 18.1 Å². The summed E-state index contributed by atoms with van der Waals surface area (Å²) in [6.45, 7) is 0. The number of anilines is 1. The third kappa shape index (κ3) is 6.43. The highest BCUT2D eigenvalue weighted by Crippen LogP contribution is 2.65. The van der Waals surface area contributed by atoms with Gasteiger partial charge in [0.15, 0.2) is 23.1 Å². The summed E-state index contributed by atoms with van der Waals surface area (Å²) in [4.78, 5) is 61.3. The molecule has 5 aromatic carbocycles. The van der Waals surface area contributed by atoms with Crippen molar-refractivity contribution in [1.82, 2.24) is 0 Å². The summed E-state index contributed by atoms with van der Waals surface area (Å²) in [5.74, 6) is -3.73. The quantitative estimate of drug-likeness (QED) is 0.0885. The maximum Gasteiger partial charge on any atom is 0.238 e. The molecular formula is C51H42BrNO8. The summed E-state index contributed by atoms with van der Waals surface area (Å²) in [5.41, 5.74) is 3.28. The van der Waals surface area contributed by atoms with Crippen LogP contribution in [-0.4, -0.2) is 49.8 Å². The zero-order valence-electron chi connectivity index (χ0n) is 33.7. The van der Waals surface area contributed by atoms with Crippen LogP contribution in [0, 0.1) is 23.7 Å². The molecule has 0 radical (unpaired) electrons. The monoisotopic (exact) mass is 875 g/mol. The predicted molar refractivity (Wildman–Crippen MR) is 236 cm³/mol. The lowest BCUT2D eigenvalue weighted by Crippen LogP contribution is -2.58. The SMILES string of the molecule is COc1ccc(OC)c(C=Cc2ccc(N3C(=O)[C@H]4[C@H](CC=C5[C@H]4C[C@H]4C(=O)C(c6ccccc6)=CC(=O)[C@@]4(c4ccccc4)[C@H]5c4cc(Br)cc(OC)c4O)C3=O)cc2)c1. The second kappa shape index (κ2) is 15.8. The standard InChI is InChI=1S/C51H42BrNO8/c1-59-35-20-23-42(60-2)31(24-35)17-14-29-15-18-34(19-16-29)53-49(57)37-22-21-36-39(45(37)50(53)58)27-41-47(55)38(30-10-6-4-7-11-30)28-44(54)51(41,32-12-8-5-9-13-32)46(36)40-25-33(52)26-43(61-3)48(40)56/h4-21,23-26,28,37,39,41,45-46,56H,22,27H2,1-3H3/t37-,39+,41-,45-,46+,51-/m0/s1. The van der Waals surface area contributed by atoms with Gasteiger partial charge in [-0.1, -0.05) is 113 Å². The van der Waals surface area contributed by atoms with Crippen molar-refractivity contribution in [3.05, 3.63) is 165 Å². The number of Topliss-reactive ketones (excluding diaryl/α,β-unsaturated/α-hetero) is 1. The Bertz CT molecular complexity index is 2690. The molecule has 1 heterocycles. The molecule has 1 saturated carbocycles. The van der Waals surface area contributed by atoms with Crippen molar-refractivity contribution in [1.29, 1.82) is 0 Å². The minimum Gasteiger partial charge on any atom is -0.504 e. The number of ether oxygens (including phenoxy) is 3. The van der Waals surface area contributed by atoms with Crippen LogP contribution in [0.25, 0.3) is 17.7 Å². The lowest BCUT2D eigenvalue weighted by atomic mass is 9.44. The number of carbonyl (C=O) groups is 4. The van der Waals surface area contributed by atoms with Gasteiger partial charge < -0.3 is 19.3 Å². The average Bonchev–Trinajstić information content (AvgIpc) is 3.55. The van der Waals surface area contributed by atoms with Gasteiger partial charge in [-0.2, -0.15) is 0 Å². The smallest absolute Gasteiger partial charge is 0.238 e.